The molecule has 1 atom stereocenters. The number of hydrogen-bond donors (Lipinski definition) is 1. The number of aryl methyl sites for hydroxylation is 3. The van der Waals surface area contributed by atoms with Crippen molar-refractivity contribution in [2.75, 3.05) is 7.05 Å². The van der Waals surface area contributed by atoms with Crippen LogP contribution in [-0.2, 0) is 19.9 Å². The lowest BCUT2D eigenvalue weighted by atomic mass is 9.99. The van der Waals surface area contributed by atoms with Gasteiger partial charge in [-0.15, -0.1) is 0 Å². The van der Waals surface area contributed by atoms with Crippen LogP contribution in [-0.4, -0.2) is 16.8 Å². The average molecular weight is 271 g/mol. The predicted octanol–water partition coefficient (Wildman–Crippen LogP) is 3.24. The van der Waals surface area contributed by atoms with Crippen LogP contribution in [0.15, 0.2) is 30.3 Å². The van der Waals surface area contributed by atoms with Crippen LogP contribution in [0.1, 0.15) is 48.8 Å². The number of benzene rings is 1. The van der Waals surface area contributed by atoms with Crippen molar-refractivity contribution >= 4 is 0 Å². The summed E-state index contributed by atoms with van der Waals surface area (Å²) < 4.78 is 1.99. The molecule has 0 aliphatic carbocycles. The first kappa shape index (κ1) is 14.8. The van der Waals surface area contributed by atoms with Crippen molar-refractivity contribution in [2.45, 2.75) is 39.2 Å². The summed E-state index contributed by atoms with van der Waals surface area (Å²) in [6, 6.07) is 11.3. The van der Waals surface area contributed by atoms with Crippen molar-refractivity contribution in [3.63, 3.8) is 0 Å². The molecule has 0 saturated carbocycles. The van der Waals surface area contributed by atoms with Gasteiger partial charge < -0.3 is 5.32 Å². The maximum Gasteiger partial charge on any atom is 0.0745 e. The van der Waals surface area contributed by atoms with Crippen LogP contribution in [0.4, 0.5) is 0 Å². The second-order valence-corrected chi connectivity index (χ2v) is 5.25. The Morgan fingerprint density at radius 1 is 1.25 bits per heavy atom. The van der Waals surface area contributed by atoms with Crippen LogP contribution in [0, 0.1) is 0 Å². The first-order chi connectivity index (χ1) is 9.69. The summed E-state index contributed by atoms with van der Waals surface area (Å²) in [5.74, 6) is 0. The predicted molar refractivity (Wildman–Crippen MR) is 83.9 cm³/mol. The van der Waals surface area contributed by atoms with Crippen LogP contribution in [0.5, 0.6) is 0 Å². The van der Waals surface area contributed by atoms with Gasteiger partial charge >= 0.3 is 0 Å². The topological polar surface area (TPSA) is 29.9 Å². The fraction of sp³-hybridized carbons (Fsp3) is 0.471. The minimum Gasteiger partial charge on any atom is -0.308 e. The molecule has 108 valence electrons. The smallest absolute Gasteiger partial charge is 0.0745 e. The van der Waals surface area contributed by atoms with Crippen molar-refractivity contribution in [1.29, 1.82) is 0 Å². The average Bonchev–Trinajstić information content (AvgIpc) is 2.82. The van der Waals surface area contributed by atoms with E-state index in [-0.39, 0.29) is 6.04 Å². The van der Waals surface area contributed by atoms with Crippen molar-refractivity contribution in [1.82, 2.24) is 15.1 Å². The Morgan fingerprint density at radius 3 is 2.65 bits per heavy atom. The van der Waals surface area contributed by atoms with E-state index >= 15 is 0 Å². The van der Waals surface area contributed by atoms with Crippen LogP contribution in [0.3, 0.4) is 0 Å². The SMILES string of the molecule is CCCc1cccc(C(NC)c2cc(CC)nn2C)c1. The van der Waals surface area contributed by atoms with E-state index in [1.807, 2.05) is 18.8 Å². The molecule has 0 spiro atoms. The van der Waals surface area contributed by atoms with Gasteiger partial charge in [-0.05, 0) is 37.1 Å². The summed E-state index contributed by atoms with van der Waals surface area (Å²) in [5, 5.41) is 7.98. The van der Waals surface area contributed by atoms with Crippen molar-refractivity contribution in [3.8, 4) is 0 Å². The van der Waals surface area contributed by atoms with Gasteiger partial charge in [0.2, 0.25) is 0 Å². The Kier molecular flexibility index (Phi) is 4.96. The minimum absolute atomic E-state index is 0.199. The maximum atomic E-state index is 4.56. The molecule has 3 nitrogen and oxygen atoms in total. The zero-order chi connectivity index (χ0) is 14.5. The molecule has 1 heterocycles. The lowest BCUT2D eigenvalue weighted by molar-refractivity contribution is 0.603. The van der Waals surface area contributed by atoms with Gasteiger partial charge in [0, 0.05) is 7.05 Å². The van der Waals surface area contributed by atoms with E-state index in [2.05, 4.69) is 54.6 Å². The molecular weight excluding hydrogens is 246 g/mol. The van der Waals surface area contributed by atoms with E-state index < -0.39 is 0 Å². The number of hydrogen-bond acceptors (Lipinski definition) is 2. The summed E-state index contributed by atoms with van der Waals surface area (Å²) in [7, 11) is 4.03. The van der Waals surface area contributed by atoms with Crippen molar-refractivity contribution < 1.29 is 0 Å². The molecule has 0 fully saturated rings. The Bertz CT molecular complexity index is 557. The number of nitrogens with one attached hydrogen (secondary N) is 1. The molecule has 0 amide bonds. The highest BCUT2D eigenvalue weighted by Gasteiger charge is 2.17. The summed E-state index contributed by atoms with van der Waals surface area (Å²) in [6.07, 6.45) is 3.29. The molecule has 0 aliphatic rings. The second-order valence-electron chi connectivity index (χ2n) is 5.25. The number of rotatable bonds is 6. The summed E-state index contributed by atoms with van der Waals surface area (Å²) >= 11 is 0. The van der Waals surface area contributed by atoms with Gasteiger partial charge in [-0.2, -0.15) is 5.10 Å². The van der Waals surface area contributed by atoms with Gasteiger partial charge in [-0.1, -0.05) is 44.5 Å². The van der Waals surface area contributed by atoms with E-state index in [1.165, 1.54) is 23.2 Å². The monoisotopic (exact) mass is 271 g/mol. The van der Waals surface area contributed by atoms with Gasteiger partial charge in [0.15, 0.2) is 0 Å². The molecule has 2 rings (SSSR count). The molecule has 1 aromatic heterocycles. The molecule has 1 unspecified atom stereocenters. The third-order valence-electron chi connectivity index (χ3n) is 3.74. The standard InChI is InChI=1S/C17H25N3/c1-5-8-13-9-7-10-14(11-13)17(18-3)16-12-15(6-2)19-20(16)4/h7,9-12,17-18H,5-6,8H2,1-4H3. The quantitative estimate of drug-likeness (QED) is 0.874. The molecule has 3 heteroatoms. The Morgan fingerprint density at radius 2 is 2.05 bits per heavy atom. The van der Waals surface area contributed by atoms with E-state index in [0.29, 0.717) is 0 Å². The Hall–Kier alpha value is -1.61. The van der Waals surface area contributed by atoms with Gasteiger partial charge in [0.25, 0.3) is 0 Å². The van der Waals surface area contributed by atoms with Crippen molar-refractivity contribution in [3.05, 3.63) is 52.8 Å². The lowest BCUT2D eigenvalue weighted by Crippen LogP contribution is -2.20. The number of aromatic nitrogens is 2. The fourth-order valence-electron chi connectivity index (χ4n) is 2.69. The Balaban J connectivity index is 2.35. The lowest BCUT2D eigenvalue weighted by Gasteiger charge is -2.18. The first-order valence-corrected chi connectivity index (χ1v) is 7.48. The molecule has 20 heavy (non-hydrogen) atoms. The van der Waals surface area contributed by atoms with Crippen LogP contribution >= 0.6 is 0 Å². The molecule has 2 aromatic rings. The van der Waals surface area contributed by atoms with E-state index in [1.54, 1.807) is 0 Å². The normalized spacial score (nSPS) is 12.6. The largest absolute Gasteiger partial charge is 0.308 e. The van der Waals surface area contributed by atoms with Crippen LogP contribution in [0.2, 0.25) is 0 Å². The highest BCUT2D eigenvalue weighted by atomic mass is 15.3. The molecule has 0 saturated heterocycles. The van der Waals surface area contributed by atoms with Crippen molar-refractivity contribution in [2.24, 2.45) is 7.05 Å². The van der Waals surface area contributed by atoms with Crippen LogP contribution < -0.4 is 5.32 Å². The third kappa shape index (κ3) is 3.10. The third-order valence-corrected chi connectivity index (χ3v) is 3.74. The first-order valence-electron chi connectivity index (χ1n) is 7.48. The molecule has 1 N–H and O–H groups in total. The van der Waals surface area contributed by atoms with E-state index in [9.17, 15) is 0 Å². The summed E-state index contributed by atoms with van der Waals surface area (Å²) in [6.45, 7) is 4.36. The molecular formula is C17H25N3. The zero-order valence-electron chi connectivity index (χ0n) is 13.0. The number of nitrogens with zero attached hydrogens (tertiary/aromatic N) is 2. The molecule has 0 bridgehead atoms. The summed E-state index contributed by atoms with van der Waals surface area (Å²) in [4.78, 5) is 0. The van der Waals surface area contributed by atoms with Gasteiger partial charge in [-0.3, -0.25) is 4.68 Å². The van der Waals surface area contributed by atoms with Crippen LogP contribution in [0.25, 0.3) is 0 Å². The zero-order valence-corrected chi connectivity index (χ0v) is 13.0. The van der Waals surface area contributed by atoms with Gasteiger partial charge in [-0.25, -0.2) is 0 Å². The second kappa shape index (κ2) is 6.71. The van der Waals surface area contributed by atoms with E-state index in [4.69, 9.17) is 0 Å². The summed E-state index contributed by atoms with van der Waals surface area (Å²) in [5.41, 5.74) is 5.08. The molecule has 0 aliphatic heterocycles. The Labute approximate surface area is 122 Å². The maximum absolute atomic E-state index is 4.56. The molecule has 1 aromatic carbocycles. The van der Waals surface area contributed by atoms with Gasteiger partial charge in [0.05, 0.1) is 17.4 Å². The van der Waals surface area contributed by atoms with E-state index in [0.717, 1.165) is 18.5 Å². The highest BCUT2D eigenvalue weighted by molar-refractivity contribution is 5.32. The fourth-order valence-corrected chi connectivity index (χ4v) is 2.69. The minimum atomic E-state index is 0.199. The molecule has 0 radical (unpaired) electrons. The van der Waals surface area contributed by atoms with Gasteiger partial charge in [0.1, 0.15) is 0 Å². The highest BCUT2D eigenvalue weighted by Crippen LogP contribution is 2.23.